The summed E-state index contributed by atoms with van der Waals surface area (Å²) in [6, 6.07) is 3.64. The number of ether oxygens (including phenoxy) is 3. The average molecular weight is 580 g/mol. The van der Waals surface area contributed by atoms with Gasteiger partial charge in [-0.15, -0.1) is 12.4 Å². The summed E-state index contributed by atoms with van der Waals surface area (Å²) in [5.41, 5.74) is 2.37. The lowest BCUT2D eigenvalue weighted by Crippen LogP contribution is -2.53. The number of carbonyl (C=O) groups is 3. The molecule has 1 aliphatic heterocycles. The van der Waals surface area contributed by atoms with E-state index in [1.54, 1.807) is 6.92 Å². The van der Waals surface area contributed by atoms with Crippen molar-refractivity contribution in [1.82, 2.24) is 0 Å². The zero-order valence-corrected chi connectivity index (χ0v) is 22.4. The first-order valence-electron chi connectivity index (χ1n) is 12.4. The molecule has 0 amide bonds. The smallest absolute Gasteiger partial charge is 0.202 e. The van der Waals surface area contributed by atoms with Crippen LogP contribution in [0.3, 0.4) is 0 Å². The van der Waals surface area contributed by atoms with Crippen LogP contribution >= 0.6 is 12.4 Å². The number of aliphatic hydroxyl groups is 3. The fourth-order valence-electron chi connectivity index (χ4n) is 5.75. The molecule has 7 N–H and O–H groups in total. The van der Waals surface area contributed by atoms with E-state index in [-0.39, 0.29) is 46.8 Å². The minimum absolute atomic E-state index is 0. The molecule has 1 saturated heterocycles. The molecule has 2 aliphatic carbocycles. The number of phenols is 2. The number of methoxy groups -OCH3 is 1. The van der Waals surface area contributed by atoms with Crippen LogP contribution in [-0.2, 0) is 20.7 Å². The van der Waals surface area contributed by atoms with Crippen LogP contribution in [0.25, 0.3) is 0 Å². The topological polar surface area (TPSA) is 206 Å². The largest absolute Gasteiger partial charge is 0.507 e. The van der Waals surface area contributed by atoms with Crippen LogP contribution in [0, 0.1) is 0 Å². The molecule has 1 heterocycles. The van der Waals surface area contributed by atoms with Crippen molar-refractivity contribution < 1.29 is 54.1 Å². The molecule has 216 valence electrons. The molecular formula is C27H30ClNO11. The summed E-state index contributed by atoms with van der Waals surface area (Å²) in [7, 11) is 1.32. The summed E-state index contributed by atoms with van der Waals surface area (Å²) in [4.78, 5) is 39.7. The Morgan fingerprint density at radius 1 is 1.15 bits per heavy atom. The van der Waals surface area contributed by atoms with Crippen LogP contribution in [0.15, 0.2) is 18.2 Å². The van der Waals surface area contributed by atoms with Gasteiger partial charge in [-0.1, -0.05) is 12.1 Å². The second kappa shape index (κ2) is 10.7. The van der Waals surface area contributed by atoms with E-state index in [1.165, 1.54) is 25.3 Å². The Labute approximate surface area is 234 Å². The first-order chi connectivity index (χ1) is 18.4. The Bertz CT molecular complexity index is 1380. The van der Waals surface area contributed by atoms with E-state index in [2.05, 4.69) is 0 Å². The van der Waals surface area contributed by atoms with Crippen LogP contribution in [0.4, 0.5) is 0 Å². The molecule has 0 unspecified atom stereocenters. The van der Waals surface area contributed by atoms with E-state index in [9.17, 15) is 39.9 Å². The van der Waals surface area contributed by atoms with Crippen molar-refractivity contribution in [3.05, 3.63) is 51.6 Å². The molecule has 1 fully saturated rings. The molecular weight excluding hydrogens is 550 g/mol. The maximum atomic E-state index is 13.6. The van der Waals surface area contributed by atoms with Crippen molar-refractivity contribution in [2.45, 2.75) is 62.4 Å². The van der Waals surface area contributed by atoms with Crippen LogP contribution in [0.2, 0.25) is 0 Å². The van der Waals surface area contributed by atoms with Crippen molar-refractivity contribution in [3.63, 3.8) is 0 Å². The summed E-state index contributed by atoms with van der Waals surface area (Å²) in [6.45, 7) is 0.560. The molecule has 0 saturated carbocycles. The van der Waals surface area contributed by atoms with Gasteiger partial charge in [0.05, 0.1) is 42.1 Å². The van der Waals surface area contributed by atoms with E-state index in [1.807, 2.05) is 0 Å². The van der Waals surface area contributed by atoms with Crippen molar-refractivity contribution in [1.29, 1.82) is 0 Å². The molecule has 40 heavy (non-hydrogen) atoms. The molecule has 12 nitrogen and oxygen atoms in total. The van der Waals surface area contributed by atoms with E-state index in [0.717, 1.165) is 0 Å². The molecule has 0 radical (unpaired) electrons. The Morgan fingerprint density at radius 2 is 1.82 bits per heavy atom. The number of fused-ring (bicyclic) bond motifs is 3. The lowest BCUT2D eigenvalue weighted by atomic mass is 9.72. The number of hydrogen-bond donors (Lipinski definition) is 6. The first-order valence-corrected chi connectivity index (χ1v) is 12.4. The molecule has 6 atom stereocenters. The number of nitrogens with two attached hydrogens (primary N) is 1. The molecule has 0 aromatic heterocycles. The highest BCUT2D eigenvalue weighted by atomic mass is 35.5. The minimum atomic E-state index is -2.24. The van der Waals surface area contributed by atoms with Crippen LogP contribution in [0.1, 0.15) is 68.8 Å². The van der Waals surface area contributed by atoms with E-state index < -0.39 is 95.7 Å². The van der Waals surface area contributed by atoms with Crippen LogP contribution in [0.5, 0.6) is 17.2 Å². The van der Waals surface area contributed by atoms with Gasteiger partial charge in [-0.2, -0.15) is 0 Å². The molecule has 2 aromatic carbocycles. The molecule has 0 spiro atoms. The van der Waals surface area contributed by atoms with Gasteiger partial charge in [0.15, 0.2) is 17.9 Å². The molecule has 3 aliphatic rings. The second-order valence-electron chi connectivity index (χ2n) is 10.2. The maximum absolute atomic E-state index is 13.6. The van der Waals surface area contributed by atoms with Gasteiger partial charge >= 0.3 is 0 Å². The number of aliphatic hydroxyl groups excluding tert-OH is 2. The lowest BCUT2D eigenvalue weighted by Gasteiger charge is -2.42. The van der Waals surface area contributed by atoms with Gasteiger partial charge in [-0.05, 0) is 13.0 Å². The predicted molar refractivity (Wildman–Crippen MR) is 139 cm³/mol. The van der Waals surface area contributed by atoms with Gasteiger partial charge < -0.3 is 45.5 Å². The van der Waals surface area contributed by atoms with Gasteiger partial charge in [-0.25, -0.2) is 0 Å². The molecule has 0 bridgehead atoms. The molecule has 13 heteroatoms. The third-order valence-electron chi connectivity index (χ3n) is 7.81. The molecule has 2 aromatic rings. The quantitative estimate of drug-likeness (QED) is 0.227. The summed E-state index contributed by atoms with van der Waals surface area (Å²) in [5, 5.41) is 53.7. The van der Waals surface area contributed by atoms with Gasteiger partial charge in [0, 0.05) is 42.0 Å². The highest BCUT2D eigenvalue weighted by Gasteiger charge is 2.50. The second-order valence-corrected chi connectivity index (χ2v) is 10.2. The number of aromatic hydroxyl groups is 2. The standard InChI is InChI=1S/C27H29NO11.ClH/c1-10-22(31)13(28)6-17(38-10)39-15-8-27(36,16(30)9-29)7-12-19(15)26(35)21-20(24(12)33)23(32)11-4-3-5-14(37-2)18(11)25(21)34;/h3-5,10,13,15,17,22,29,31,33,35-36H,6-9,28H2,1-2H3;1H/t10-,13+,15-,17-,22-,27-;/m0./s1. The van der Waals surface area contributed by atoms with Crippen molar-refractivity contribution in [2.75, 3.05) is 13.7 Å². The fraction of sp³-hybridized carbons (Fsp3) is 0.444. The summed E-state index contributed by atoms with van der Waals surface area (Å²) in [5.74, 6) is -3.77. The number of carbonyl (C=O) groups excluding carboxylic acids is 3. The summed E-state index contributed by atoms with van der Waals surface area (Å²) < 4.78 is 17.0. The highest BCUT2D eigenvalue weighted by Crippen LogP contribution is 2.52. The number of halogens is 1. The number of hydrogen-bond acceptors (Lipinski definition) is 12. The Balaban J connectivity index is 0.00000370. The van der Waals surface area contributed by atoms with Gasteiger partial charge in [0.25, 0.3) is 0 Å². The SMILES string of the molecule is COc1cccc2c1C(=O)c1c(O)c3c(c(O)c1C2=O)C[C@@](O)(C(=O)CO)C[C@@H]3O[C@H]1C[C@@H](N)[C@@H](O)[C@H](C)O1.Cl. The summed E-state index contributed by atoms with van der Waals surface area (Å²) >= 11 is 0. The van der Waals surface area contributed by atoms with Gasteiger partial charge in [-0.3, -0.25) is 14.4 Å². The fourth-order valence-corrected chi connectivity index (χ4v) is 5.75. The zero-order valence-electron chi connectivity index (χ0n) is 21.6. The van der Waals surface area contributed by atoms with Crippen LogP contribution < -0.4 is 10.5 Å². The first kappa shape index (κ1) is 29.9. The van der Waals surface area contributed by atoms with Crippen molar-refractivity contribution >= 4 is 29.8 Å². The maximum Gasteiger partial charge on any atom is 0.202 e. The number of ketones is 3. The van der Waals surface area contributed by atoms with Crippen molar-refractivity contribution in [2.24, 2.45) is 5.73 Å². The Morgan fingerprint density at radius 3 is 2.45 bits per heavy atom. The predicted octanol–water partition coefficient (Wildman–Crippen LogP) is 0.423. The Kier molecular flexibility index (Phi) is 8.00. The molecule has 5 rings (SSSR count). The number of rotatable bonds is 5. The van der Waals surface area contributed by atoms with E-state index >= 15 is 0 Å². The normalized spacial score (nSPS) is 29.1. The van der Waals surface area contributed by atoms with Gasteiger partial charge in [0.1, 0.15) is 29.5 Å². The van der Waals surface area contributed by atoms with Gasteiger partial charge in [0.2, 0.25) is 5.78 Å². The lowest BCUT2D eigenvalue weighted by molar-refractivity contribution is -0.247. The highest BCUT2D eigenvalue weighted by molar-refractivity contribution is 6.31. The third kappa shape index (κ3) is 4.45. The third-order valence-corrected chi connectivity index (χ3v) is 7.81. The van der Waals surface area contributed by atoms with E-state index in [0.29, 0.717) is 0 Å². The number of Topliss-reactive ketones (excluding diaryl/α,β-unsaturated/α-hetero) is 1. The average Bonchev–Trinajstić information content (AvgIpc) is 2.90. The van der Waals surface area contributed by atoms with Crippen LogP contribution in [-0.4, -0.2) is 86.7 Å². The monoisotopic (exact) mass is 579 g/mol. The minimum Gasteiger partial charge on any atom is -0.507 e. The summed E-state index contributed by atoms with van der Waals surface area (Å²) in [6.07, 6.45) is -5.12. The number of benzene rings is 2. The Hall–Kier alpha value is -3.10. The number of phenolic OH excluding ortho intramolecular Hbond substituents is 2. The van der Waals surface area contributed by atoms with Crippen molar-refractivity contribution in [3.8, 4) is 17.2 Å². The van der Waals surface area contributed by atoms with E-state index in [4.69, 9.17) is 19.9 Å². The zero-order chi connectivity index (χ0) is 28.4.